The van der Waals surface area contributed by atoms with Crippen molar-refractivity contribution in [3.63, 3.8) is 0 Å². The van der Waals surface area contributed by atoms with Crippen LogP contribution in [0.1, 0.15) is 19.3 Å². The van der Waals surface area contributed by atoms with Crippen molar-refractivity contribution >= 4 is 23.8 Å². The second kappa shape index (κ2) is 5.79. The molecule has 7 heteroatoms. The number of carboxylic acid groups (broad SMARTS) is 1. The van der Waals surface area contributed by atoms with Gasteiger partial charge >= 0.3 is 12.0 Å². The van der Waals surface area contributed by atoms with Crippen molar-refractivity contribution < 1.29 is 19.4 Å². The minimum absolute atomic E-state index is 0.0874. The van der Waals surface area contributed by atoms with Gasteiger partial charge in [-0.2, -0.15) is 11.8 Å². The van der Waals surface area contributed by atoms with Gasteiger partial charge in [-0.1, -0.05) is 0 Å². The Hall–Kier alpha value is -0.950. The molecule has 0 saturated carbocycles. The van der Waals surface area contributed by atoms with Crippen molar-refractivity contribution in [3.05, 3.63) is 0 Å². The molecule has 2 rings (SSSR count). The number of hydrogen-bond donors (Lipinski definition) is 3. The van der Waals surface area contributed by atoms with Gasteiger partial charge in [0.1, 0.15) is 0 Å². The van der Waals surface area contributed by atoms with Crippen molar-refractivity contribution in [2.45, 2.75) is 42.7 Å². The smallest absolute Gasteiger partial charge is 0.332 e. The predicted molar refractivity (Wildman–Crippen MR) is 67.8 cm³/mol. The molecule has 0 aliphatic carbocycles. The third kappa shape index (κ3) is 2.89. The number of nitrogens with one attached hydrogen (secondary N) is 2. The Labute approximate surface area is 110 Å². The summed E-state index contributed by atoms with van der Waals surface area (Å²) in [5.74, 6) is 0.0195. The number of ether oxygens (including phenoxy) is 1. The molecule has 102 valence electrons. The van der Waals surface area contributed by atoms with E-state index >= 15 is 0 Å². The summed E-state index contributed by atoms with van der Waals surface area (Å²) in [7, 11) is 1.42. The Morgan fingerprint density at radius 2 is 2.39 bits per heavy atom. The van der Waals surface area contributed by atoms with E-state index in [9.17, 15) is 9.59 Å². The van der Waals surface area contributed by atoms with Crippen LogP contribution in [0.25, 0.3) is 0 Å². The second-order valence-corrected chi connectivity index (χ2v) is 5.89. The molecule has 0 aromatic carbocycles. The number of carbonyl (C=O) groups is 2. The van der Waals surface area contributed by atoms with E-state index in [-0.39, 0.29) is 18.1 Å². The molecule has 0 spiro atoms. The number of carbonyl (C=O) groups excluding carboxylic acids is 1. The van der Waals surface area contributed by atoms with Crippen LogP contribution in [0.15, 0.2) is 0 Å². The van der Waals surface area contributed by atoms with E-state index in [4.69, 9.17) is 9.84 Å². The molecule has 2 amide bonds. The summed E-state index contributed by atoms with van der Waals surface area (Å²) in [4.78, 5) is 22.0. The van der Waals surface area contributed by atoms with Gasteiger partial charge in [0.05, 0.1) is 12.1 Å². The molecule has 0 aromatic rings. The number of methoxy groups -OCH3 is 1. The minimum Gasteiger partial charge on any atom is -0.479 e. The number of aliphatic carboxylic acids is 1. The Balaban J connectivity index is 1.74. The van der Waals surface area contributed by atoms with Gasteiger partial charge in [0.2, 0.25) is 0 Å². The molecule has 3 N–H and O–H groups in total. The van der Waals surface area contributed by atoms with Gasteiger partial charge in [0, 0.05) is 18.1 Å². The summed E-state index contributed by atoms with van der Waals surface area (Å²) in [6.07, 6.45) is 1.49. The molecule has 0 aromatic heterocycles. The van der Waals surface area contributed by atoms with Crippen LogP contribution in [0.4, 0.5) is 4.79 Å². The van der Waals surface area contributed by atoms with E-state index in [2.05, 4.69) is 10.6 Å². The zero-order valence-corrected chi connectivity index (χ0v) is 11.0. The third-order valence-corrected chi connectivity index (χ3v) is 4.96. The first-order valence-corrected chi connectivity index (χ1v) is 7.11. The molecular formula is C11H18N2O4S. The normalized spacial score (nSPS) is 31.6. The topological polar surface area (TPSA) is 87.7 Å². The number of carboxylic acids is 1. The average molecular weight is 274 g/mol. The summed E-state index contributed by atoms with van der Waals surface area (Å²) in [5.41, 5.74) is 0. The molecule has 4 atom stereocenters. The summed E-state index contributed by atoms with van der Waals surface area (Å²) in [5, 5.41) is 15.0. The number of thioether (sulfide) groups is 1. The predicted octanol–water partition coefficient (Wildman–Crippen LogP) is 0.422. The maximum Gasteiger partial charge on any atom is 0.332 e. The van der Waals surface area contributed by atoms with Crippen LogP contribution in [0, 0.1) is 0 Å². The van der Waals surface area contributed by atoms with Crippen LogP contribution in [0.3, 0.4) is 0 Å². The van der Waals surface area contributed by atoms with Crippen LogP contribution in [-0.2, 0) is 9.53 Å². The molecule has 2 heterocycles. The fraction of sp³-hybridized carbons (Fsp3) is 0.818. The van der Waals surface area contributed by atoms with Gasteiger partial charge in [0.15, 0.2) is 6.10 Å². The van der Waals surface area contributed by atoms with Crippen LogP contribution in [0.5, 0.6) is 0 Å². The van der Waals surface area contributed by atoms with E-state index in [0.29, 0.717) is 11.7 Å². The maximum absolute atomic E-state index is 11.2. The summed E-state index contributed by atoms with van der Waals surface area (Å²) >= 11 is 1.84. The molecule has 2 aliphatic rings. The average Bonchev–Trinajstić information content (AvgIpc) is 2.84. The van der Waals surface area contributed by atoms with Gasteiger partial charge in [-0.15, -0.1) is 0 Å². The third-order valence-electron chi connectivity index (χ3n) is 3.45. The number of fused-ring (bicyclic) bond motifs is 1. The fourth-order valence-corrected chi connectivity index (χ4v) is 4.03. The van der Waals surface area contributed by atoms with Gasteiger partial charge in [0.25, 0.3) is 0 Å². The summed E-state index contributed by atoms with van der Waals surface area (Å²) in [6.45, 7) is 0. The quantitative estimate of drug-likeness (QED) is 0.611. The molecule has 6 nitrogen and oxygen atoms in total. The first-order chi connectivity index (χ1) is 8.61. The van der Waals surface area contributed by atoms with Crippen molar-refractivity contribution in [1.82, 2.24) is 10.6 Å². The first kappa shape index (κ1) is 13.5. The van der Waals surface area contributed by atoms with Gasteiger partial charge in [-0.25, -0.2) is 9.59 Å². The van der Waals surface area contributed by atoms with Crippen molar-refractivity contribution in [1.29, 1.82) is 0 Å². The molecule has 2 fully saturated rings. The minimum atomic E-state index is -0.912. The van der Waals surface area contributed by atoms with E-state index in [0.717, 1.165) is 18.6 Å². The lowest BCUT2D eigenvalue weighted by atomic mass is 10.0. The van der Waals surface area contributed by atoms with E-state index < -0.39 is 12.1 Å². The number of amides is 2. The Kier molecular flexibility index (Phi) is 4.34. The summed E-state index contributed by atoms with van der Waals surface area (Å²) in [6, 6.07) is 0.328. The van der Waals surface area contributed by atoms with Gasteiger partial charge in [-0.3, -0.25) is 0 Å². The Morgan fingerprint density at radius 3 is 3.06 bits per heavy atom. The SMILES string of the molecule is COC(CCC[C@@H]1SC[C@@H]2NC(=O)N[C@@H]21)C(=O)O. The molecule has 2 saturated heterocycles. The standard InChI is InChI=1S/C11H18N2O4S/c1-17-7(10(14)15)3-2-4-8-9-6(5-18-8)12-11(16)13-9/h6-9H,2-5H2,1H3,(H,14,15)(H2,12,13,16)/t6-,7?,8-,9-/m0/s1. The molecule has 18 heavy (non-hydrogen) atoms. The molecule has 0 bridgehead atoms. The van der Waals surface area contributed by atoms with Crippen molar-refractivity contribution in [3.8, 4) is 0 Å². The fourth-order valence-electron chi connectivity index (χ4n) is 2.49. The Morgan fingerprint density at radius 1 is 1.61 bits per heavy atom. The maximum atomic E-state index is 11.2. The summed E-state index contributed by atoms with van der Waals surface area (Å²) < 4.78 is 4.89. The van der Waals surface area contributed by atoms with Crippen molar-refractivity contribution in [2.24, 2.45) is 0 Å². The highest BCUT2D eigenvalue weighted by Crippen LogP contribution is 2.33. The Bertz CT molecular complexity index is 339. The number of urea groups is 1. The number of hydrogen-bond acceptors (Lipinski definition) is 4. The highest BCUT2D eigenvalue weighted by atomic mass is 32.2. The molecule has 2 aliphatic heterocycles. The lowest BCUT2D eigenvalue weighted by Gasteiger charge is -2.17. The molecule has 0 radical (unpaired) electrons. The first-order valence-electron chi connectivity index (χ1n) is 6.06. The van der Waals surface area contributed by atoms with E-state index in [1.54, 1.807) is 0 Å². The zero-order chi connectivity index (χ0) is 13.1. The van der Waals surface area contributed by atoms with Crippen molar-refractivity contribution in [2.75, 3.05) is 12.9 Å². The zero-order valence-electron chi connectivity index (χ0n) is 10.2. The second-order valence-electron chi connectivity index (χ2n) is 4.62. The number of rotatable bonds is 6. The van der Waals surface area contributed by atoms with Gasteiger partial charge < -0.3 is 20.5 Å². The van der Waals surface area contributed by atoms with Gasteiger partial charge in [-0.05, 0) is 19.3 Å². The lowest BCUT2D eigenvalue weighted by molar-refractivity contribution is -0.148. The lowest BCUT2D eigenvalue weighted by Crippen LogP contribution is -2.37. The monoisotopic (exact) mass is 274 g/mol. The van der Waals surface area contributed by atoms with Crippen LogP contribution < -0.4 is 10.6 Å². The highest BCUT2D eigenvalue weighted by molar-refractivity contribution is 8.00. The van der Waals surface area contributed by atoms with E-state index in [1.807, 2.05) is 11.8 Å². The van der Waals surface area contributed by atoms with Crippen LogP contribution >= 0.6 is 11.8 Å². The van der Waals surface area contributed by atoms with Crippen LogP contribution in [-0.4, -0.2) is 53.4 Å². The molecular weight excluding hydrogens is 256 g/mol. The van der Waals surface area contributed by atoms with E-state index in [1.165, 1.54) is 7.11 Å². The molecule has 1 unspecified atom stereocenters. The van der Waals surface area contributed by atoms with Crippen LogP contribution in [0.2, 0.25) is 0 Å². The highest BCUT2D eigenvalue weighted by Gasteiger charge is 2.42. The largest absolute Gasteiger partial charge is 0.479 e.